The summed E-state index contributed by atoms with van der Waals surface area (Å²) in [7, 11) is 0. The number of carbonyl (C=O) groups excluding carboxylic acids is 1. The first kappa shape index (κ1) is 14.8. The molecular weight excluding hydrogens is 307 g/mol. The maximum atomic E-state index is 13.3. The Labute approximate surface area is 129 Å². The van der Waals surface area contributed by atoms with Gasteiger partial charge < -0.3 is 21.6 Å². The highest BCUT2D eigenvalue weighted by Crippen LogP contribution is 2.33. The number of hydrogen-bond acceptors (Lipinski definition) is 7. The SMILES string of the molecule is NC(=O)CNc1nonc1/C(=N/O)N[C@H]1Cc2ccc(F)cc21. The van der Waals surface area contributed by atoms with Crippen LogP contribution in [0.1, 0.15) is 22.9 Å². The molecule has 23 heavy (non-hydrogen) atoms. The molecule has 0 radical (unpaired) electrons. The fraction of sp³-hybridized carbons (Fsp3) is 0.231. The first-order valence-electron chi connectivity index (χ1n) is 6.70. The molecule has 1 aliphatic rings. The molecule has 9 nitrogen and oxygen atoms in total. The number of fused-ring (bicyclic) bond motifs is 1. The van der Waals surface area contributed by atoms with Gasteiger partial charge in [-0.05, 0) is 40.0 Å². The Bertz CT molecular complexity index is 775. The standard InChI is InChI=1S/C13H13FN6O3/c14-7-2-1-6-3-9(8(6)4-7)17-13(18-22)11-12(20-23-19-11)16-5-10(15)21/h1-2,4,9,22H,3,5H2,(H2,15,21)(H,16,20)(H,17,18)/t9-/m0/s1. The molecule has 10 heteroatoms. The Morgan fingerprint density at radius 2 is 2.35 bits per heavy atom. The number of hydrogen-bond donors (Lipinski definition) is 4. The molecule has 120 valence electrons. The number of nitrogens with zero attached hydrogens (tertiary/aromatic N) is 3. The van der Waals surface area contributed by atoms with E-state index in [1.54, 1.807) is 6.07 Å². The van der Waals surface area contributed by atoms with Crippen molar-refractivity contribution < 1.29 is 19.0 Å². The number of nitrogens with one attached hydrogen (secondary N) is 2. The van der Waals surface area contributed by atoms with Crippen molar-refractivity contribution in [2.45, 2.75) is 12.5 Å². The van der Waals surface area contributed by atoms with Gasteiger partial charge in [0.25, 0.3) is 0 Å². The molecule has 1 aromatic heterocycles. The van der Waals surface area contributed by atoms with E-state index in [0.29, 0.717) is 6.42 Å². The molecule has 0 spiro atoms. The van der Waals surface area contributed by atoms with Gasteiger partial charge in [0.05, 0.1) is 12.6 Å². The van der Waals surface area contributed by atoms with Gasteiger partial charge in [-0.15, -0.1) is 0 Å². The van der Waals surface area contributed by atoms with Crippen LogP contribution in [0, 0.1) is 5.82 Å². The van der Waals surface area contributed by atoms with Crippen LogP contribution >= 0.6 is 0 Å². The lowest BCUT2D eigenvalue weighted by Crippen LogP contribution is -2.37. The minimum absolute atomic E-state index is 0.0156. The highest BCUT2D eigenvalue weighted by molar-refractivity contribution is 6.01. The molecular formula is C13H13FN6O3. The molecule has 1 aromatic carbocycles. The fourth-order valence-corrected chi connectivity index (χ4v) is 2.34. The quantitative estimate of drug-likeness (QED) is 0.266. The van der Waals surface area contributed by atoms with E-state index in [9.17, 15) is 14.4 Å². The second kappa shape index (κ2) is 5.91. The largest absolute Gasteiger partial charge is 0.409 e. The molecule has 1 heterocycles. The molecule has 0 saturated carbocycles. The summed E-state index contributed by atoms with van der Waals surface area (Å²) in [5.41, 5.74) is 6.90. The smallest absolute Gasteiger partial charge is 0.236 e. The van der Waals surface area contributed by atoms with E-state index in [-0.39, 0.29) is 35.8 Å². The van der Waals surface area contributed by atoms with Crippen molar-refractivity contribution in [2.24, 2.45) is 10.9 Å². The average molecular weight is 320 g/mol. The summed E-state index contributed by atoms with van der Waals surface area (Å²) < 4.78 is 17.9. The fourth-order valence-electron chi connectivity index (χ4n) is 2.34. The monoisotopic (exact) mass is 320 g/mol. The van der Waals surface area contributed by atoms with Gasteiger partial charge in [0.1, 0.15) is 5.82 Å². The number of amides is 1. The summed E-state index contributed by atoms with van der Waals surface area (Å²) in [5.74, 6) is -0.858. The van der Waals surface area contributed by atoms with Gasteiger partial charge in [0.2, 0.25) is 11.7 Å². The van der Waals surface area contributed by atoms with E-state index in [1.165, 1.54) is 12.1 Å². The minimum Gasteiger partial charge on any atom is -0.409 e. The second-order valence-corrected chi connectivity index (χ2v) is 4.97. The maximum absolute atomic E-state index is 13.3. The Balaban J connectivity index is 1.75. The Morgan fingerprint density at radius 3 is 3.09 bits per heavy atom. The summed E-state index contributed by atoms with van der Waals surface area (Å²) >= 11 is 0. The predicted octanol–water partition coefficient (Wildman–Crippen LogP) is 0.129. The summed E-state index contributed by atoms with van der Waals surface area (Å²) in [5, 5.41) is 25.1. The van der Waals surface area contributed by atoms with Crippen molar-refractivity contribution in [3.8, 4) is 0 Å². The Hall–Kier alpha value is -3.17. The summed E-state index contributed by atoms with van der Waals surface area (Å²) in [4.78, 5) is 10.8. The van der Waals surface area contributed by atoms with Crippen LogP contribution in [-0.2, 0) is 11.2 Å². The van der Waals surface area contributed by atoms with Crippen molar-refractivity contribution in [1.29, 1.82) is 0 Å². The van der Waals surface area contributed by atoms with Gasteiger partial charge in [-0.2, -0.15) is 0 Å². The zero-order valence-corrected chi connectivity index (χ0v) is 11.8. The number of halogens is 1. The molecule has 1 aliphatic carbocycles. The van der Waals surface area contributed by atoms with Gasteiger partial charge in [0, 0.05) is 0 Å². The lowest BCUT2D eigenvalue weighted by Gasteiger charge is -2.31. The average Bonchev–Trinajstić information content (AvgIpc) is 2.97. The molecule has 1 atom stereocenters. The Morgan fingerprint density at radius 1 is 1.52 bits per heavy atom. The van der Waals surface area contributed by atoms with Crippen molar-refractivity contribution in [3.63, 3.8) is 0 Å². The van der Waals surface area contributed by atoms with Crippen LogP contribution in [0.2, 0.25) is 0 Å². The molecule has 0 unspecified atom stereocenters. The number of nitrogens with two attached hydrogens (primary N) is 1. The van der Waals surface area contributed by atoms with E-state index in [1.807, 2.05) is 0 Å². The number of benzene rings is 1. The normalized spacial score (nSPS) is 16.4. The molecule has 0 fully saturated rings. The van der Waals surface area contributed by atoms with E-state index in [4.69, 9.17) is 5.73 Å². The van der Waals surface area contributed by atoms with Crippen molar-refractivity contribution in [2.75, 3.05) is 11.9 Å². The predicted molar refractivity (Wildman–Crippen MR) is 76.3 cm³/mol. The van der Waals surface area contributed by atoms with Crippen LogP contribution in [0.5, 0.6) is 0 Å². The minimum atomic E-state index is -0.599. The molecule has 0 aliphatic heterocycles. The van der Waals surface area contributed by atoms with Crippen molar-refractivity contribution in [3.05, 3.63) is 40.8 Å². The number of oxime groups is 1. The highest BCUT2D eigenvalue weighted by Gasteiger charge is 2.29. The van der Waals surface area contributed by atoms with Crippen LogP contribution in [0.25, 0.3) is 0 Å². The molecule has 2 aromatic rings. The van der Waals surface area contributed by atoms with Crippen LogP contribution in [0.3, 0.4) is 0 Å². The van der Waals surface area contributed by atoms with Crippen molar-refractivity contribution in [1.82, 2.24) is 15.6 Å². The molecule has 1 amide bonds. The van der Waals surface area contributed by atoms with Crippen molar-refractivity contribution >= 4 is 17.6 Å². The highest BCUT2D eigenvalue weighted by atomic mass is 19.1. The Kier molecular flexibility index (Phi) is 3.79. The number of amidine groups is 1. The van der Waals surface area contributed by atoms with Crippen LogP contribution in [0.4, 0.5) is 10.2 Å². The van der Waals surface area contributed by atoms with Gasteiger partial charge in [-0.3, -0.25) is 4.79 Å². The molecule has 5 N–H and O–H groups in total. The number of anilines is 1. The number of aromatic nitrogens is 2. The second-order valence-electron chi connectivity index (χ2n) is 4.97. The molecule has 0 saturated heterocycles. The third-order valence-corrected chi connectivity index (χ3v) is 3.46. The van der Waals surface area contributed by atoms with Gasteiger partial charge in [-0.25, -0.2) is 9.02 Å². The third-order valence-electron chi connectivity index (χ3n) is 3.46. The van der Waals surface area contributed by atoms with E-state index in [2.05, 4.69) is 30.7 Å². The molecule has 0 bridgehead atoms. The van der Waals surface area contributed by atoms with E-state index >= 15 is 0 Å². The maximum Gasteiger partial charge on any atom is 0.236 e. The number of primary amides is 1. The molecule has 3 rings (SSSR count). The lowest BCUT2D eigenvalue weighted by molar-refractivity contribution is -0.116. The summed E-state index contributed by atoms with van der Waals surface area (Å²) in [6.45, 7) is -0.183. The topological polar surface area (TPSA) is 139 Å². The van der Waals surface area contributed by atoms with Gasteiger partial charge >= 0.3 is 0 Å². The van der Waals surface area contributed by atoms with E-state index in [0.717, 1.165) is 11.1 Å². The van der Waals surface area contributed by atoms with Crippen LogP contribution < -0.4 is 16.4 Å². The van der Waals surface area contributed by atoms with Crippen LogP contribution in [-0.4, -0.2) is 33.8 Å². The van der Waals surface area contributed by atoms with Gasteiger partial charge in [0.15, 0.2) is 11.5 Å². The third kappa shape index (κ3) is 2.91. The first-order chi connectivity index (χ1) is 11.1. The number of rotatable bonds is 5. The van der Waals surface area contributed by atoms with E-state index < -0.39 is 5.91 Å². The first-order valence-corrected chi connectivity index (χ1v) is 6.70. The summed E-state index contributed by atoms with van der Waals surface area (Å²) in [6.07, 6.45) is 0.643. The zero-order chi connectivity index (χ0) is 16.4. The zero-order valence-electron chi connectivity index (χ0n) is 11.8. The lowest BCUT2D eigenvalue weighted by atomic mass is 9.83. The summed E-state index contributed by atoms with van der Waals surface area (Å²) in [6, 6.07) is 4.28. The van der Waals surface area contributed by atoms with Gasteiger partial charge in [-0.1, -0.05) is 11.2 Å². The number of carbonyl (C=O) groups is 1. The van der Waals surface area contributed by atoms with Crippen LogP contribution in [0.15, 0.2) is 28.0 Å².